The molecule has 1 amide bonds. The SMILES string of the molecule is CCC(=O)NC1[C@H](OC(=O)CC)OC(COC(=O)CC)[C@@H](OC(=O)CC)[C@@H]1OC(=O)CC. The second-order valence-corrected chi connectivity index (χ2v) is 6.99. The fraction of sp³-hybridized carbons (Fsp3) is 0.762. The Bertz CT molecular complexity index is 679. The summed E-state index contributed by atoms with van der Waals surface area (Å²) < 4.78 is 27.3. The monoisotopic (exact) mass is 459 g/mol. The van der Waals surface area contributed by atoms with Crippen LogP contribution in [0, 0.1) is 0 Å². The normalized spacial score (nSPS) is 24.7. The van der Waals surface area contributed by atoms with Crippen LogP contribution in [0.15, 0.2) is 0 Å². The molecule has 11 heteroatoms. The lowest BCUT2D eigenvalue weighted by Crippen LogP contribution is -2.67. The van der Waals surface area contributed by atoms with Gasteiger partial charge in [0.2, 0.25) is 12.2 Å². The summed E-state index contributed by atoms with van der Waals surface area (Å²) in [7, 11) is 0. The van der Waals surface area contributed by atoms with Crippen LogP contribution in [-0.4, -0.2) is 67.0 Å². The number of hydrogen-bond donors (Lipinski definition) is 1. The van der Waals surface area contributed by atoms with Gasteiger partial charge in [-0.1, -0.05) is 34.6 Å². The van der Waals surface area contributed by atoms with E-state index in [0.29, 0.717) is 0 Å². The third-order valence-electron chi connectivity index (χ3n) is 4.64. The molecule has 32 heavy (non-hydrogen) atoms. The van der Waals surface area contributed by atoms with Crippen molar-refractivity contribution < 1.29 is 47.7 Å². The van der Waals surface area contributed by atoms with Crippen LogP contribution in [0.1, 0.15) is 66.7 Å². The first-order valence-electron chi connectivity index (χ1n) is 10.9. The maximum Gasteiger partial charge on any atom is 0.307 e. The molecule has 0 saturated carbocycles. The lowest BCUT2D eigenvalue weighted by molar-refractivity contribution is -0.272. The predicted octanol–water partition coefficient (Wildman–Crippen LogP) is 1.16. The van der Waals surface area contributed by atoms with Crippen molar-refractivity contribution in [3.8, 4) is 0 Å². The minimum absolute atomic E-state index is 0.00907. The van der Waals surface area contributed by atoms with E-state index in [4.69, 9.17) is 23.7 Å². The molecule has 1 N–H and O–H groups in total. The van der Waals surface area contributed by atoms with Gasteiger partial charge in [0.15, 0.2) is 12.2 Å². The second-order valence-electron chi connectivity index (χ2n) is 6.99. The molecule has 2 unspecified atom stereocenters. The van der Waals surface area contributed by atoms with E-state index in [0.717, 1.165) is 0 Å². The fourth-order valence-corrected chi connectivity index (χ4v) is 2.82. The molecule has 5 atom stereocenters. The number of carbonyl (C=O) groups is 5. The Hall–Kier alpha value is -2.69. The average Bonchev–Trinajstić information content (AvgIpc) is 2.80. The summed E-state index contributed by atoms with van der Waals surface area (Å²) in [6, 6.07) is -1.15. The van der Waals surface area contributed by atoms with Crippen LogP contribution in [0.3, 0.4) is 0 Å². The second kappa shape index (κ2) is 13.7. The minimum atomic E-state index is -1.37. The van der Waals surface area contributed by atoms with Gasteiger partial charge >= 0.3 is 23.9 Å². The Labute approximate surface area is 187 Å². The number of ether oxygens (including phenoxy) is 5. The van der Waals surface area contributed by atoms with Gasteiger partial charge in [-0.25, -0.2) is 0 Å². The lowest BCUT2D eigenvalue weighted by Gasteiger charge is -2.44. The molecular formula is C21H33NO10. The summed E-state index contributed by atoms with van der Waals surface area (Å²) in [5.41, 5.74) is 0. The van der Waals surface area contributed by atoms with Crippen LogP contribution in [0.5, 0.6) is 0 Å². The largest absolute Gasteiger partial charge is 0.463 e. The summed E-state index contributed by atoms with van der Waals surface area (Å²) in [6.45, 7) is 7.60. The number of rotatable bonds is 11. The summed E-state index contributed by atoms with van der Waals surface area (Å²) in [4.78, 5) is 60.2. The van der Waals surface area contributed by atoms with Crippen molar-refractivity contribution in [1.82, 2.24) is 5.32 Å². The van der Waals surface area contributed by atoms with Crippen molar-refractivity contribution in [3.05, 3.63) is 0 Å². The van der Waals surface area contributed by atoms with Gasteiger partial charge in [0.25, 0.3) is 0 Å². The zero-order chi connectivity index (χ0) is 24.3. The van der Waals surface area contributed by atoms with Gasteiger partial charge in [-0.3, -0.25) is 24.0 Å². The van der Waals surface area contributed by atoms with Crippen LogP contribution in [0.2, 0.25) is 0 Å². The minimum Gasteiger partial charge on any atom is -0.463 e. The van der Waals surface area contributed by atoms with Crippen LogP contribution in [-0.2, 0) is 47.7 Å². The zero-order valence-corrected chi connectivity index (χ0v) is 19.2. The Morgan fingerprint density at radius 2 is 1.19 bits per heavy atom. The first-order chi connectivity index (χ1) is 15.2. The average molecular weight is 459 g/mol. The quantitative estimate of drug-likeness (QED) is 0.353. The number of esters is 4. The molecule has 1 rings (SSSR count). The van der Waals surface area contributed by atoms with E-state index in [1.54, 1.807) is 34.6 Å². The van der Waals surface area contributed by atoms with Gasteiger partial charge in [-0.05, 0) is 0 Å². The van der Waals surface area contributed by atoms with Crippen molar-refractivity contribution in [1.29, 1.82) is 0 Å². The predicted molar refractivity (Wildman–Crippen MR) is 109 cm³/mol. The fourth-order valence-electron chi connectivity index (χ4n) is 2.82. The third-order valence-corrected chi connectivity index (χ3v) is 4.64. The molecule has 0 aromatic rings. The molecule has 0 aromatic carbocycles. The molecule has 0 radical (unpaired) electrons. The molecule has 182 valence electrons. The van der Waals surface area contributed by atoms with Gasteiger partial charge in [-0.2, -0.15) is 0 Å². The van der Waals surface area contributed by atoms with Crippen LogP contribution in [0.25, 0.3) is 0 Å². The van der Waals surface area contributed by atoms with Crippen LogP contribution in [0.4, 0.5) is 0 Å². The smallest absolute Gasteiger partial charge is 0.307 e. The summed E-state index contributed by atoms with van der Waals surface area (Å²) >= 11 is 0. The molecule has 11 nitrogen and oxygen atoms in total. The van der Waals surface area contributed by atoms with E-state index in [1.165, 1.54) is 0 Å². The van der Waals surface area contributed by atoms with E-state index in [-0.39, 0.29) is 38.7 Å². The molecule has 1 saturated heterocycles. The Morgan fingerprint density at radius 3 is 1.69 bits per heavy atom. The number of carbonyl (C=O) groups excluding carboxylic acids is 5. The van der Waals surface area contributed by atoms with E-state index < -0.39 is 60.4 Å². The summed E-state index contributed by atoms with van der Waals surface area (Å²) in [5.74, 6) is -2.83. The molecule has 0 spiro atoms. The lowest BCUT2D eigenvalue weighted by atomic mass is 9.95. The van der Waals surface area contributed by atoms with Gasteiger partial charge in [-0.15, -0.1) is 0 Å². The number of nitrogens with one attached hydrogen (secondary N) is 1. The van der Waals surface area contributed by atoms with Crippen molar-refractivity contribution in [2.45, 2.75) is 97.4 Å². The molecule has 0 aromatic heterocycles. The Balaban J connectivity index is 3.40. The zero-order valence-electron chi connectivity index (χ0n) is 19.2. The number of hydrogen-bond acceptors (Lipinski definition) is 10. The van der Waals surface area contributed by atoms with Crippen molar-refractivity contribution in [3.63, 3.8) is 0 Å². The van der Waals surface area contributed by atoms with Crippen molar-refractivity contribution >= 4 is 29.8 Å². The molecule has 1 aliphatic rings. The van der Waals surface area contributed by atoms with Gasteiger partial charge in [0.05, 0.1) is 0 Å². The van der Waals surface area contributed by atoms with Crippen molar-refractivity contribution in [2.75, 3.05) is 6.61 Å². The topological polar surface area (TPSA) is 144 Å². The van der Waals surface area contributed by atoms with Gasteiger partial charge < -0.3 is 29.0 Å². The van der Waals surface area contributed by atoms with E-state index in [1.807, 2.05) is 0 Å². The Morgan fingerprint density at radius 1 is 0.688 bits per heavy atom. The highest BCUT2D eigenvalue weighted by Crippen LogP contribution is 2.28. The molecule has 1 fully saturated rings. The Kier molecular flexibility index (Phi) is 11.7. The highest BCUT2D eigenvalue weighted by molar-refractivity contribution is 5.76. The molecule has 1 aliphatic heterocycles. The first-order valence-corrected chi connectivity index (χ1v) is 10.9. The summed E-state index contributed by atoms with van der Waals surface area (Å²) in [6.07, 6.45) is -4.70. The van der Waals surface area contributed by atoms with Gasteiger partial charge in [0, 0.05) is 32.1 Å². The summed E-state index contributed by atoms with van der Waals surface area (Å²) in [5, 5.41) is 2.63. The number of amides is 1. The standard InChI is InChI=1S/C21H33NO10/c1-6-13(23)22-18-20(31-16(26)9-4)19(30-15(25)8-3)12(11-28-14(24)7-2)29-21(18)32-17(27)10-5/h12,18-21H,6-11H2,1-5H3,(H,22,23)/t12?,18?,19-,20-,21+/m1/s1. The maximum absolute atomic E-state index is 12.2. The first kappa shape index (κ1) is 27.3. The van der Waals surface area contributed by atoms with E-state index in [2.05, 4.69) is 5.32 Å². The van der Waals surface area contributed by atoms with Crippen molar-refractivity contribution in [2.24, 2.45) is 0 Å². The van der Waals surface area contributed by atoms with Crippen LogP contribution < -0.4 is 5.32 Å². The van der Waals surface area contributed by atoms with Crippen LogP contribution >= 0.6 is 0 Å². The molecular weight excluding hydrogens is 426 g/mol. The highest BCUT2D eigenvalue weighted by Gasteiger charge is 2.52. The highest BCUT2D eigenvalue weighted by atomic mass is 16.7. The van der Waals surface area contributed by atoms with E-state index in [9.17, 15) is 24.0 Å². The van der Waals surface area contributed by atoms with Gasteiger partial charge in [0.1, 0.15) is 18.8 Å². The third kappa shape index (κ3) is 8.10. The molecule has 0 bridgehead atoms. The molecule has 1 heterocycles. The molecule has 0 aliphatic carbocycles. The maximum atomic E-state index is 12.2. The van der Waals surface area contributed by atoms with E-state index >= 15 is 0 Å².